The molecule has 1 aromatic rings. The van der Waals surface area contributed by atoms with Crippen LogP contribution in [0.5, 0.6) is 11.5 Å². The number of aliphatic hydroxyl groups is 1. The smallest absolute Gasteiger partial charge is 0.290 e. The number of ether oxygens (including phenoxy) is 2. The van der Waals surface area contributed by atoms with Crippen molar-refractivity contribution in [2.24, 2.45) is 0 Å². The van der Waals surface area contributed by atoms with E-state index in [9.17, 15) is 14.7 Å². The zero-order valence-electron chi connectivity index (χ0n) is 17.4. The maximum atomic E-state index is 12.8. The molecule has 0 bridgehead atoms. The molecule has 0 aromatic heterocycles. The fourth-order valence-corrected chi connectivity index (χ4v) is 4.03. The highest BCUT2D eigenvalue weighted by Gasteiger charge is 2.42. The Morgan fingerprint density at radius 1 is 1.21 bits per heavy atom. The monoisotopic (exact) mass is 402 g/mol. The lowest BCUT2D eigenvalue weighted by Gasteiger charge is -2.29. The lowest BCUT2D eigenvalue weighted by molar-refractivity contribution is -0.129. The van der Waals surface area contributed by atoms with Crippen LogP contribution in [-0.2, 0) is 9.59 Å². The normalized spacial score (nSPS) is 19.9. The van der Waals surface area contributed by atoms with E-state index in [0.717, 1.165) is 44.5 Å². The third-order valence-corrected chi connectivity index (χ3v) is 5.50. The highest BCUT2D eigenvalue weighted by molar-refractivity contribution is 6.08. The van der Waals surface area contributed by atoms with Gasteiger partial charge in [0.2, 0.25) is 0 Å². The molecule has 3 rings (SSSR count). The van der Waals surface area contributed by atoms with Crippen molar-refractivity contribution in [1.29, 1.82) is 0 Å². The van der Waals surface area contributed by atoms with E-state index in [1.165, 1.54) is 6.92 Å². The number of aliphatic hydroxyl groups excluding tert-OH is 1. The molecule has 7 nitrogen and oxygen atoms in total. The fourth-order valence-electron chi connectivity index (χ4n) is 4.03. The summed E-state index contributed by atoms with van der Waals surface area (Å²) in [4.78, 5) is 28.9. The van der Waals surface area contributed by atoms with Gasteiger partial charge in [0.05, 0.1) is 25.3 Å². The molecule has 1 fully saturated rings. The van der Waals surface area contributed by atoms with Crippen molar-refractivity contribution >= 4 is 11.7 Å². The van der Waals surface area contributed by atoms with Gasteiger partial charge in [0, 0.05) is 13.1 Å². The fraction of sp³-hybridized carbons (Fsp3) is 0.545. The molecule has 1 N–H and O–H groups in total. The first-order valence-electron chi connectivity index (χ1n) is 10.3. The highest BCUT2D eigenvalue weighted by Crippen LogP contribution is 2.40. The first kappa shape index (κ1) is 21.2. The SMILES string of the molecule is CCCOc1ccc(C2C(C(C)=O)=C(O)C(=O)N2CCN2CCCC2)cc1OC. The number of hydrogen-bond donors (Lipinski definition) is 1. The van der Waals surface area contributed by atoms with Gasteiger partial charge in [-0.05, 0) is 57.0 Å². The van der Waals surface area contributed by atoms with Crippen LogP contribution in [0.2, 0.25) is 0 Å². The minimum atomic E-state index is -0.628. The van der Waals surface area contributed by atoms with Gasteiger partial charge < -0.3 is 24.4 Å². The summed E-state index contributed by atoms with van der Waals surface area (Å²) < 4.78 is 11.2. The molecular formula is C22H30N2O5. The van der Waals surface area contributed by atoms with Crippen LogP contribution < -0.4 is 9.47 Å². The molecule has 1 atom stereocenters. The molecule has 158 valence electrons. The quantitative estimate of drug-likeness (QED) is 0.684. The van der Waals surface area contributed by atoms with Gasteiger partial charge in [-0.1, -0.05) is 13.0 Å². The van der Waals surface area contributed by atoms with E-state index in [0.29, 0.717) is 24.7 Å². The van der Waals surface area contributed by atoms with Gasteiger partial charge in [-0.25, -0.2) is 0 Å². The number of benzene rings is 1. The van der Waals surface area contributed by atoms with E-state index in [1.54, 1.807) is 24.1 Å². The van der Waals surface area contributed by atoms with Gasteiger partial charge in [0.1, 0.15) is 0 Å². The summed E-state index contributed by atoms with van der Waals surface area (Å²) >= 11 is 0. The number of hydrogen-bond acceptors (Lipinski definition) is 6. The number of amides is 1. The summed E-state index contributed by atoms with van der Waals surface area (Å²) in [6.07, 6.45) is 3.20. The third kappa shape index (κ3) is 4.40. The van der Waals surface area contributed by atoms with Crippen LogP contribution in [0.1, 0.15) is 44.7 Å². The molecule has 1 unspecified atom stereocenters. The molecule has 2 heterocycles. The van der Waals surface area contributed by atoms with Gasteiger partial charge >= 0.3 is 0 Å². The summed E-state index contributed by atoms with van der Waals surface area (Å²) in [6.45, 7) is 7.17. The first-order chi connectivity index (χ1) is 14.0. The third-order valence-electron chi connectivity index (χ3n) is 5.50. The summed E-state index contributed by atoms with van der Waals surface area (Å²) in [7, 11) is 1.56. The van der Waals surface area contributed by atoms with Crippen molar-refractivity contribution in [2.45, 2.75) is 39.2 Å². The molecule has 0 radical (unpaired) electrons. The van der Waals surface area contributed by atoms with E-state index in [-0.39, 0.29) is 11.4 Å². The minimum absolute atomic E-state index is 0.140. The Hall–Kier alpha value is -2.54. The average Bonchev–Trinajstić information content (AvgIpc) is 3.31. The number of carbonyl (C=O) groups excluding carboxylic acids is 2. The van der Waals surface area contributed by atoms with Crippen molar-refractivity contribution in [3.63, 3.8) is 0 Å². The average molecular weight is 402 g/mol. The molecule has 0 saturated carbocycles. The van der Waals surface area contributed by atoms with E-state index in [2.05, 4.69) is 4.90 Å². The summed E-state index contributed by atoms with van der Waals surface area (Å²) in [6, 6.07) is 4.78. The molecule has 2 aliphatic rings. The second-order valence-electron chi connectivity index (χ2n) is 7.53. The van der Waals surface area contributed by atoms with Crippen molar-refractivity contribution in [3.8, 4) is 11.5 Å². The van der Waals surface area contributed by atoms with Crippen molar-refractivity contribution in [1.82, 2.24) is 9.80 Å². The molecule has 1 aromatic carbocycles. The van der Waals surface area contributed by atoms with E-state index < -0.39 is 17.7 Å². The Labute approximate surface area is 171 Å². The van der Waals surface area contributed by atoms with Gasteiger partial charge in [0.15, 0.2) is 23.0 Å². The lowest BCUT2D eigenvalue weighted by atomic mass is 9.96. The standard InChI is InChI=1S/C22H30N2O5/c1-4-13-29-17-8-7-16(14-18(17)28-3)20-19(15(2)25)21(26)22(27)24(20)12-11-23-9-5-6-10-23/h7-8,14,20,26H,4-6,9-13H2,1-3H3. The number of nitrogens with zero attached hydrogens (tertiary/aromatic N) is 2. The predicted octanol–water partition coefficient (Wildman–Crippen LogP) is 2.86. The Bertz CT molecular complexity index is 798. The van der Waals surface area contributed by atoms with Crippen LogP contribution in [0.25, 0.3) is 0 Å². The number of Topliss-reactive ketones (excluding diaryl/α,β-unsaturated/α-hetero) is 1. The molecule has 0 spiro atoms. The topological polar surface area (TPSA) is 79.3 Å². The van der Waals surface area contributed by atoms with Crippen molar-refractivity contribution < 1.29 is 24.2 Å². The maximum Gasteiger partial charge on any atom is 0.290 e. The van der Waals surface area contributed by atoms with Crippen LogP contribution in [-0.4, -0.2) is 66.5 Å². The van der Waals surface area contributed by atoms with E-state index in [4.69, 9.17) is 9.47 Å². The number of methoxy groups -OCH3 is 1. The van der Waals surface area contributed by atoms with Crippen molar-refractivity contribution in [2.75, 3.05) is 39.9 Å². The molecule has 1 saturated heterocycles. The summed E-state index contributed by atoms with van der Waals surface area (Å²) in [5.74, 6) is -0.102. The van der Waals surface area contributed by atoms with Gasteiger partial charge in [-0.2, -0.15) is 0 Å². The number of ketones is 1. The number of likely N-dealkylation sites (tertiary alicyclic amines) is 1. The number of carbonyl (C=O) groups is 2. The first-order valence-corrected chi connectivity index (χ1v) is 10.3. The van der Waals surface area contributed by atoms with Crippen molar-refractivity contribution in [3.05, 3.63) is 35.1 Å². The lowest BCUT2D eigenvalue weighted by Crippen LogP contribution is -2.37. The maximum absolute atomic E-state index is 12.8. The van der Waals surface area contributed by atoms with Crippen LogP contribution in [0, 0.1) is 0 Å². The molecule has 0 aliphatic carbocycles. The molecule has 29 heavy (non-hydrogen) atoms. The second kappa shape index (κ2) is 9.31. The van der Waals surface area contributed by atoms with Crippen LogP contribution >= 0.6 is 0 Å². The molecule has 7 heteroatoms. The van der Waals surface area contributed by atoms with Crippen LogP contribution in [0.4, 0.5) is 0 Å². The largest absolute Gasteiger partial charge is 0.503 e. The van der Waals surface area contributed by atoms with E-state index >= 15 is 0 Å². The second-order valence-corrected chi connectivity index (χ2v) is 7.53. The van der Waals surface area contributed by atoms with Gasteiger partial charge in [-0.3, -0.25) is 9.59 Å². The van der Waals surface area contributed by atoms with E-state index in [1.807, 2.05) is 13.0 Å². The Balaban J connectivity index is 1.92. The Kier molecular flexibility index (Phi) is 6.79. The zero-order valence-corrected chi connectivity index (χ0v) is 17.4. The predicted molar refractivity (Wildman–Crippen MR) is 109 cm³/mol. The Morgan fingerprint density at radius 3 is 2.55 bits per heavy atom. The molecular weight excluding hydrogens is 372 g/mol. The van der Waals surface area contributed by atoms with Gasteiger partial charge in [0.25, 0.3) is 5.91 Å². The zero-order chi connectivity index (χ0) is 21.0. The van der Waals surface area contributed by atoms with Crippen LogP contribution in [0.15, 0.2) is 29.5 Å². The summed E-state index contributed by atoms with van der Waals surface area (Å²) in [5, 5.41) is 10.4. The summed E-state index contributed by atoms with van der Waals surface area (Å²) in [5.41, 5.74) is 0.857. The van der Waals surface area contributed by atoms with Crippen LogP contribution in [0.3, 0.4) is 0 Å². The molecule has 2 aliphatic heterocycles. The Morgan fingerprint density at radius 2 is 1.93 bits per heavy atom. The highest BCUT2D eigenvalue weighted by atomic mass is 16.5. The van der Waals surface area contributed by atoms with Gasteiger partial charge in [-0.15, -0.1) is 0 Å². The number of rotatable bonds is 9. The molecule has 1 amide bonds. The minimum Gasteiger partial charge on any atom is -0.503 e.